The van der Waals surface area contributed by atoms with Crippen molar-refractivity contribution in [2.45, 2.75) is 19.5 Å². The average molecular weight is 382 g/mol. The zero-order valence-corrected chi connectivity index (χ0v) is 15.6. The number of para-hydroxylation sites is 1. The minimum Gasteiger partial charge on any atom is -0.340 e. The summed E-state index contributed by atoms with van der Waals surface area (Å²) >= 11 is 0. The molecule has 7 heteroatoms. The van der Waals surface area contributed by atoms with Crippen LogP contribution >= 0.6 is 0 Å². The molecule has 3 aromatic rings. The number of nitrogens with one attached hydrogen (secondary N) is 1. The molecule has 4 rings (SSSR count). The number of carbonyl (C=O) groups excluding carboxylic acids is 1. The van der Waals surface area contributed by atoms with E-state index < -0.39 is 0 Å². The largest absolute Gasteiger partial charge is 0.340 e. The summed E-state index contributed by atoms with van der Waals surface area (Å²) in [5.74, 6) is -0.291. The van der Waals surface area contributed by atoms with Gasteiger partial charge in [0.05, 0.1) is 10.9 Å². The predicted molar refractivity (Wildman–Crippen MR) is 105 cm³/mol. The van der Waals surface area contributed by atoms with Gasteiger partial charge in [-0.2, -0.15) is 0 Å². The van der Waals surface area contributed by atoms with Gasteiger partial charge in [0, 0.05) is 32.7 Å². The fourth-order valence-electron chi connectivity index (χ4n) is 3.68. The zero-order chi connectivity index (χ0) is 19.5. The normalized spacial score (nSPS) is 15.7. The van der Waals surface area contributed by atoms with Crippen molar-refractivity contribution < 1.29 is 9.18 Å². The van der Waals surface area contributed by atoms with Gasteiger partial charge in [-0.25, -0.2) is 9.07 Å². The summed E-state index contributed by atoms with van der Waals surface area (Å²) in [7, 11) is 0. The molecule has 0 spiro atoms. The number of aromatic amines is 1. The van der Waals surface area contributed by atoms with Crippen LogP contribution in [0.3, 0.4) is 0 Å². The van der Waals surface area contributed by atoms with E-state index in [0.29, 0.717) is 18.5 Å². The molecule has 146 valence electrons. The number of hydrogen-bond acceptors (Lipinski definition) is 3. The van der Waals surface area contributed by atoms with Crippen LogP contribution < -0.4 is 5.56 Å². The summed E-state index contributed by atoms with van der Waals surface area (Å²) < 4.78 is 14.4. The lowest BCUT2D eigenvalue weighted by molar-refractivity contribution is -0.131. The molecule has 1 saturated heterocycles. The van der Waals surface area contributed by atoms with Gasteiger partial charge in [-0.15, -0.1) is 0 Å². The molecule has 0 saturated carbocycles. The molecule has 1 N–H and O–H groups in total. The Labute approximate surface area is 162 Å². The molecule has 1 aliphatic rings. The van der Waals surface area contributed by atoms with E-state index in [1.807, 2.05) is 23.1 Å². The summed E-state index contributed by atoms with van der Waals surface area (Å²) in [5, 5.41) is 3.61. The number of halogens is 1. The zero-order valence-electron chi connectivity index (χ0n) is 15.6. The number of nitrogens with zero attached hydrogens (tertiary/aromatic N) is 3. The summed E-state index contributed by atoms with van der Waals surface area (Å²) in [5.41, 5.74) is 1.63. The van der Waals surface area contributed by atoms with E-state index in [2.05, 4.69) is 10.00 Å². The number of aromatic nitrogens is 2. The van der Waals surface area contributed by atoms with Crippen LogP contribution in [-0.2, 0) is 17.9 Å². The summed E-state index contributed by atoms with van der Waals surface area (Å²) in [4.78, 5) is 29.3. The highest BCUT2D eigenvalue weighted by Gasteiger charge is 2.20. The topological polar surface area (TPSA) is 61.3 Å². The highest BCUT2D eigenvalue weighted by Crippen LogP contribution is 2.11. The maximum atomic E-state index is 13.1. The van der Waals surface area contributed by atoms with Gasteiger partial charge in [0.15, 0.2) is 0 Å². The number of carbonyl (C=O) groups is 1. The Balaban J connectivity index is 1.38. The van der Waals surface area contributed by atoms with Gasteiger partial charge in [0.25, 0.3) is 5.56 Å². The lowest BCUT2D eigenvalue weighted by Gasteiger charge is -2.22. The molecule has 2 heterocycles. The third-order valence-electron chi connectivity index (χ3n) is 5.21. The molecule has 6 nitrogen and oxygen atoms in total. The highest BCUT2D eigenvalue weighted by molar-refractivity contribution is 5.79. The van der Waals surface area contributed by atoms with E-state index in [-0.39, 0.29) is 23.8 Å². The van der Waals surface area contributed by atoms with Gasteiger partial charge in [-0.1, -0.05) is 24.3 Å². The van der Waals surface area contributed by atoms with Gasteiger partial charge < -0.3 is 4.90 Å². The number of benzene rings is 2. The second-order valence-electron chi connectivity index (χ2n) is 7.19. The second-order valence-corrected chi connectivity index (χ2v) is 7.19. The molecular weight excluding hydrogens is 359 g/mol. The monoisotopic (exact) mass is 382 g/mol. The van der Waals surface area contributed by atoms with Crippen molar-refractivity contribution in [2.75, 3.05) is 26.2 Å². The highest BCUT2D eigenvalue weighted by atomic mass is 19.1. The van der Waals surface area contributed by atoms with E-state index in [9.17, 15) is 14.0 Å². The number of H-pyrrole nitrogens is 1. The molecule has 2 aromatic carbocycles. The third kappa shape index (κ3) is 3.99. The van der Waals surface area contributed by atoms with Gasteiger partial charge in [0.2, 0.25) is 5.91 Å². The molecule has 0 atom stereocenters. The van der Waals surface area contributed by atoms with Crippen LogP contribution in [0.4, 0.5) is 4.39 Å². The van der Waals surface area contributed by atoms with Crippen molar-refractivity contribution in [3.8, 4) is 0 Å². The van der Waals surface area contributed by atoms with Crippen LogP contribution in [0, 0.1) is 5.82 Å². The van der Waals surface area contributed by atoms with Crippen molar-refractivity contribution >= 4 is 16.8 Å². The first-order chi connectivity index (χ1) is 13.6. The Bertz CT molecular complexity index is 1020. The third-order valence-corrected chi connectivity index (χ3v) is 5.21. The van der Waals surface area contributed by atoms with Crippen LogP contribution in [0.25, 0.3) is 10.9 Å². The molecule has 1 aliphatic heterocycles. The van der Waals surface area contributed by atoms with E-state index in [0.717, 1.165) is 37.1 Å². The van der Waals surface area contributed by atoms with Crippen molar-refractivity contribution in [3.05, 3.63) is 70.3 Å². The Hall–Kier alpha value is -2.93. The van der Waals surface area contributed by atoms with Crippen LogP contribution in [0.15, 0.2) is 53.3 Å². The first-order valence-electron chi connectivity index (χ1n) is 9.52. The van der Waals surface area contributed by atoms with E-state index in [1.165, 1.54) is 16.8 Å². The molecule has 1 aromatic heterocycles. The van der Waals surface area contributed by atoms with Crippen molar-refractivity contribution in [1.82, 2.24) is 19.6 Å². The van der Waals surface area contributed by atoms with Crippen molar-refractivity contribution in [1.29, 1.82) is 0 Å². The van der Waals surface area contributed by atoms with Gasteiger partial charge in [-0.3, -0.25) is 19.6 Å². The van der Waals surface area contributed by atoms with E-state index in [1.54, 1.807) is 18.2 Å². The molecule has 0 radical (unpaired) electrons. The number of hydrogen-bond donors (Lipinski definition) is 1. The van der Waals surface area contributed by atoms with Crippen molar-refractivity contribution in [2.24, 2.45) is 0 Å². The molecule has 0 bridgehead atoms. The summed E-state index contributed by atoms with van der Waals surface area (Å²) in [6, 6.07) is 13.8. The minimum absolute atomic E-state index is 0.0193. The van der Waals surface area contributed by atoms with E-state index in [4.69, 9.17) is 0 Å². The molecule has 28 heavy (non-hydrogen) atoms. The number of amides is 1. The van der Waals surface area contributed by atoms with Gasteiger partial charge >= 0.3 is 0 Å². The second kappa shape index (κ2) is 7.98. The standard InChI is InChI=1S/C21H23FN4O2/c22-17-8-6-16(7-9-17)14-24-10-3-11-25(13-12-24)20(27)15-26-21(28)18-4-1-2-5-19(18)23-26/h1-2,4-9,23H,3,10-15H2. The summed E-state index contributed by atoms with van der Waals surface area (Å²) in [6.07, 6.45) is 0.870. The average Bonchev–Trinajstić information content (AvgIpc) is 2.86. The Morgan fingerprint density at radius 3 is 2.57 bits per heavy atom. The maximum Gasteiger partial charge on any atom is 0.274 e. The molecular formula is C21H23FN4O2. The molecule has 1 fully saturated rings. The van der Waals surface area contributed by atoms with Crippen LogP contribution in [-0.4, -0.2) is 51.7 Å². The summed E-state index contributed by atoms with van der Waals surface area (Å²) in [6.45, 7) is 3.69. The molecule has 1 amide bonds. The van der Waals surface area contributed by atoms with Crippen LogP contribution in [0.2, 0.25) is 0 Å². The minimum atomic E-state index is -0.233. The number of rotatable bonds is 4. The first kappa shape index (κ1) is 18.4. The Morgan fingerprint density at radius 2 is 1.79 bits per heavy atom. The van der Waals surface area contributed by atoms with Crippen LogP contribution in [0.1, 0.15) is 12.0 Å². The quantitative estimate of drug-likeness (QED) is 0.753. The predicted octanol–water partition coefficient (Wildman–Crippen LogP) is 2.20. The SMILES string of the molecule is O=C(Cn1[nH]c2ccccc2c1=O)N1CCCN(Cc2ccc(F)cc2)CC1. The van der Waals surface area contributed by atoms with Gasteiger partial charge in [0.1, 0.15) is 12.4 Å². The number of fused-ring (bicyclic) bond motifs is 1. The van der Waals surface area contributed by atoms with Crippen molar-refractivity contribution in [3.63, 3.8) is 0 Å². The van der Waals surface area contributed by atoms with Crippen LogP contribution in [0.5, 0.6) is 0 Å². The first-order valence-corrected chi connectivity index (χ1v) is 9.52. The lowest BCUT2D eigenvalue weighted by atomic mass is 10.2. The fraction of sp³-hybridized carbons (Fsp3) is 0.333. The lowest BCUT2D eigenvalue weighted by Crippen LogP contribution is -2.38. The Morgan fingerprint density at radius 1 is 1.00 bits per heavy atom. The van der Waals surface area contributed by atoms with E-state index >= 15 is 0 Å². The fourth-order valence-corrected chi connectivity index (χ4v) is 3.68. The molecule has 0 aliphatic carbocycles. The smallest absolute Gasteiger partial charge is 0.274 e. The van der Waals surface area contributed by atoms with Gasteiger partial charge in [-0.05, 0) is 36.2 Å². The maximum absolute atomic E-state index is 13.1. The molecule has 0 unspecified atom stereocenters. The Kier molecular flexibility index (Phi) is 5.25.